The van der Waals surface area contributed by atoms with Gasteiger partial charge in [-0.2, -0.15) is 0 Å². The largest absolute Gasteiger partial charge is 0.477 e. The lowest BCUT2D eigenvalue weighted by Gasteiger charge is -2.01. The number of aryl methyl sites for hydroxylation is 1. The van der Waals surface area contributed by atoms with Crippen molar-refractivity contribution in [1.82, 2.24) is 9.97 Å². The van der Waals surface area contributed by atoms with Crippen LogP contribution in [0.1, 0.15) is 20.1 Å². The molecule has 3 aromatic rings. The van der Waals surface area contributed by atoms with E-state index in [9.17, 15) is 9.90 Å². The van der Waals surface area contributed by atoms with Crippen molar-refractivity contribution in [1.29, 1.82) is 0 Å². The quantitative estimate of drug-likeness (QED) is 0.502. The number of aromatic carboxylic acids is 1. The van der Waals surface area contributed by atoms with Gasteiger partial charge in [0.25, 0.3) is 0 Å². The molecule has 0 unspecified atom stereocenters. The van der Waals surface area contributed by atoms with E-state index in [-0.39, 0.29) is 0 Å². The van der Waals surface area contributed by atoms with E-state index >= 15 is 0 Å². The molecule has 3 rings (SSSR count). The van der Waals surface area contributed by atoms with E-state index in [2.05, 4.69) is 32.0 Å². The van der Waals surface area contributed by atoms with Crippen LogP contribution in [0, 0.1) is 6.92 Å². The SMILES string of the molecule is Cc1c(C(=O)O)sc2ncnc(SCc3cc(Br)cs3)c12. The number of fused-ring (bicyclic) bond motifs is 1. The minimum Gasteiger partial charge on any atom is -0.477 e. The fraction of sp³-hybridized carbons (Fsp3) is 0.154. The zero-order valence-electron chi connectivity index (χ0n) is 10.8. The fourth-order valence-corrected chi connectivity index (χ4v) is 5.54. The molecule has 0 atom stereocenters. The molecule has 3 aromatic heterocycles. The van der Waals surface area contributed by atoms with Crippen LogP contribution in [0.25, 0.3) is 10.2 Å². The first-order chi connectivity index (χ1) is 10.1. The van der Waals surface area contributed by atoms with Crippen LogP contribution in [0.3, 0.4) is 0 Å². The Morgan fingerprint density at radius 1 is 1.48 bits per heavy atom. The number of halogens is 1. The lowest BCUT2D eigenvalue weighted by Crippen LogP contribution is -1.94. The number of hydrogen-bond acceptors (Lipinski definition) is 6. The van der Waals surface area contributed by atoms with Crippen molar-refractivity contribution in [3.63, 3.8) is 0 Å². The summed E-state index contributed by atoms with van der Waals surface area (Å²) >= 11 is 7.94. The summed E-state index contributed by atoms with van der Waals surface area (Å²) in [6, 6.07) is 2.08. The Bertz CT molecular complexity index is 828. The van der Waals surface area contributed by atoms with Gasteiger partial charge in [-0.3, -0.25) is 0 Å². The van der Waals surface area contributed by atoms with Crippen molar-refractivity contribution in [2.45, 2.75) is 17.7 Å². The molecule has 0 aliphatic carbocycles. The summed E-state index contributed by atoms with van der Waals surface area (Å²) in [5.41, 5.74) is 0.748. The molecule has 4 nitrogen and oxygen atoms in total. The second-order valence-electron chi connectivity index (χ2n) is 4.24. The zero-order valence-corrected chi connectivity index (χ0v) is 14.8. The number of rotatable bonds is 4. The molecule has 0 saturated carbocycles. The molecule has 0 aromatic carbocycles. The van der Waals surface area contributed by atoms with Crippen LogP contribution in [0.15, 0.2) is 27.3 Å². The number of carboxylic acids is 1. The molecule has 1 N–H and O–H groups in total. The highest BCUT2D eigenvalue weighted by atomic mass is 79.9. The first kappa shape index (κ1) is 15.0. The first-order valence-corrected chi connectivity index (χ1v) is 9.37. The summed E-state index contributed by atoms with van der Waals surface area (Å²) in [7, 11) is 0. The lowest BCUT2D eigenvalue weighted by atomic mass is 10.2. The standard InChI is InChI=1S/C13H9BrN2O2S3/c1-6-9-11(20-4-8-2-7(14)3-19-8)15-5-16-12(9)21-10(6)13(17)18/h2-3,5H,4H2,1H3,(H,17,18). The summed E-state index contributed by atoms with van der Waals surface area (Å²) in [5, 5.41) is 13.0. The number of thiophene rings is 2. The molecule has 0 aliphatic heterocycles. The smallest absolute Gasteiger partial charge is 0.346 e. The van der Waals surface area contributed by atoms with Crippen LogP contribution < -0.4 is 0 Å². The third-order valence-corrected chi connectivity index (χ3v) is 6.97. The van der Waals surface area contributed by atoms with Gasteiger partial charge in [0.1, 0.15) is 21.1 Å². The second-order valence-corrected chi connectivity index (χ2v) is 8.11. The molecule has 21 heavy (non-hydrogen) atoms. The van der Waals surface area contributed by atoms with Gasteiger partial charge in [0.05, 0.1) is 0 Å². The third-order valence-electron chi connectivity index (χ3n) is 2.86. The van der Waals surface area contributed by atoms with Gasteiger partial charge in [-0.1, -0.05) is 0 Å². The van der Waals surface area contributed by atoms with Gasteiger partial charge < -0.3 is 5.11 Å². The van der Waals surface area contributed by atoms with Crippen molar-refractivity contribution in [3.8, 4) is 0 Å². The average Bonchev–Trinajstić information content (AvgIpc) is 3.01. The van der Waals surface area contributed by atoms with Gasteiger partial charge in [-0.05, 0) is 34.5 Å². The van der Waals surface area contributed by atoms with Crippen LogP contribution in [-0.2, 0) is 5.75 Å². The van der Waals surface area contributed by atoms with Gasteiger partial charge in [-0.15, -0.1) is 34.4 Å². The minimum atomic E-state index is -0.909. The molecule has 0 bridgehead atoms. The summed E-state index contributed by atoms with van der Waals surface area (Å²) in [6.07, 6.45) is 1.50. The normalized spacial score (nSPS) is 11.1. The predicted octanol–water partition coefficient (Wildman–Crippen LogP) is 4.81. The zero-order chi connectivity index (χ0) is 15.0. The average molecular weight is 401 g/mol. The van der Waals surface area contributed by atoms with Crippen molar-refractivity contribution < 1.29 is 9.90 Å². The molecule has 3 heterocycles. The van der Waals surface area contributed by atoms with E-state index in [4.69, 9.17) is 0 Å². The van der Waals surface area contributed by atoms with E-state index in [1.807, 2.05) is 12.3 Å². The van der Waals surface area contributed by atoms with Crippen LogP contribution >= 0.6 is 50.4 Å². The second kappa shape index (κ2) is 6.04. The first-order valence-electron chi connectivity index (χ1n) is 5.89. The molecule has 0 radical (unpaired) electrons. The number of carbonyl (C=O) groups is 1. The Balaban J connectivity index is 1.96. The molecule has 0 aliphatic rings. The van der Waals surface area contributed by atoms with E-state index in [0.717, 1.165) is 31.0 Å². The Morgan fingerprint density at radius 2 is 2.29 bits per heavy atom. The summed E-state index contributed by atoms with van der Waals surface area (Å²) < 4.78 is 1.08. The summed E-state index contributed by atoms with van der Waals surface area (Å²) in [5.74, 6) is -0.103. The monoisotopic (exact) mass is 400 g/mol. The lowest BCUT2D eigenvalue weighted by molar-refractivity contribution is 0.0701. The molecular weight excluding hydrogens is 392 g/mol. The number of hydrogen-bond donors (Lipinski definition) is 1. The van der Waals surface area contributed by atoms with Crippen molar-refractivity contribution >= 4 is 66.6 Å². The highest BCUT2D eigenvalue weighted by Crippen LogP contribution is 2.36. The van der Waals surface area contributed by atoms with Gasteiger partial charge >= 0.3 is 5.97 Å². The molecule has 0 saturated heterocycles. The summed E-state index contributed by atoms with van der Waals surface area (Å²) in [4.78, 5) is 22.1. The van der Waals surface area contributed by atoms with Crippen LogP contribution in [0.4, 0.5) is 0 Å². The highest BCUT2D eigenvalue weighted by molar-refractivity contribution is 9.10. The van der Waals surface area contributed by atoms with E-state index in [1.165, 1.54) is 22.5 Å². The maximum Gasteiger partial charge on any atom is 0.346 e. The van der Waals surface area contributed by atoms with Crippen LogP contribution in [0.5, 0.6) is 0 Å². The van der Waals surface area contributed by atoms with Gasteiger partial charge in [0, 0.05) is 25.9 Å². The van der Waals surface area contributed by atoms with Gasteiger partial charge in [0.2, 0.25) is 0 Å². The Labute approximate surface area is 141 Å². The van der Waals surface area contributed by atoms with E-state index in [1.54, 1.807) is 23.1 Å². The molecule has 0 amide bonds. The van der Waals surface area contributed by atoms with E-state index < -0.39 is 5.97 Å². The van der Waals surface area contributed by atoms with Gasteiger partial charge in [0.15, 0.2) is 0 Å². The Hall–Kier alpha value is -0.960. The number of nitrogens with zero attached hydrogens (tertiary/aromatic N) is 2. The van der Waals surface area contributed by atoms with Crippen LogP contribution in [0.2, 0.25) is 0 Å². The highest BCUT2D eigenvalue weighted by Gasteiger charge is 2.18. The van der Waals surface area contributed by atoms with Gasteiger partial charge in [-0.25, -0.2) is 14.8 Å². The Kier molecular flexibility index (Phi) is 4.30. The molecule has 0 fully saturated rings. The van der Waals surface area contributed by atoms with E-state index in [0.29, 0.717) is 4.88 Å². The maximum absolute atomic E-state index is 11.2. The van der Waals surface area contributed by atoms with Crippen LogP contribution in [-0.4, -0.2) is 21.0 Å². The number of carboxylic acid groups (broad SMARTS) is 1. The number of aromatic nitrogens is 2. The topological polar surface area (TPSA) is 63.1 Å². The minimum absolute atomic E-state index is 0.339. The molecule has 8 heteroatoms. The van der Waals surface area contributed by atoms with Crippen molar-refractivity contribution in [2.24, 2.45) is 0 Å². The Morgan fingerprint density at radius 3 is 2.95 bits per heavy atom. The predicted molar refractivity (Wildman–Crippen MR) is 90.7 cm³/mol. The third kappa shape index (κ3) is 2.98. The van der Waals surface area contributed by atoms with Crippen molar-refractivity contribution in [3.05, 3.63) is 37.6 Å². The molecule has 0 spiro atoms. The van der Waals surface area contributed by atoms with Crippen molar-refractivity contribution in [2.75, 3.05) is 0 Å². The fourth-order valence-electron chi connectivity index (χ4n) is 1.92. The molecular formula is C13H9BrN2O2S3. The number of thioether (sulfide) groups is 1. The molecule has 108 valence electrons. The summed E-state index contributed by atoms with van der Waals surface area (Å²) in [6.45, 7) is 1.82. The maximum atomic E-state index is 11.2.